The number of aromatic nitrogens is 1. The van der Waals surface area contributed by atoms with Crippen LogP contribution >= 0.6 is 0 Å². The van der Waals surface area contributed by atoms with Crippen LogP contribution in [0.15, 0.2) is 30.5 Å². The van der Waals surface area contributed by atoms with E-state index in [9.17, 15) is 4.79 Å². The van der Waals surface area contributed by atoms with Gasteiger partial charge in [0.25, 0.3) is 5.91 Å². The molecule has 4 nitrogen and oxygen atoms in total. The van der Waals surface area contributed by atoms with E-state index < -0.39 is 0 Å². The molecule has 0 saturated heterocycles. The van der Waals surface area contributed by atoms with E-state index in [0.29, 0.717) is 26.3 Å². The van der Waals surface area contributed by atoms with E-state index >= 15 is 0 Å². The first-order valence-electron chi connectivity index (χ1n) is 6.70. The van der Waals surface area contributed by atoms with Crippen molar-refractivity contribution in [3.8, 4) is 0 Å². The highest BCUT2D eigenvalue weighted by Crippen LogP contribution is 2.15. The first-order chi connectivity index (χ1) is 9.26. The van der Waals surface area contributed by atoms with E-state index in [1.165, 1.54) is 0 Å². The Balaban J connectivity index is 2.11. The molecule has 1 heterocycles. The van der Waals surface area contributed by atoms with Gasteiger partial charge < -0.3 is 14.6 Å². The Kier molecular flexibility index (Phi) is 4.58. The number of aromatic amines is 1. The summed E-state index contributed by atoms with van der Waals surface area (Å²) in [6, 6.07) is 7.71. The number of hydrogen-bond acceptors (Lipinski definition) is 2. The van der Waals surface area contributed by atoms with Gasteiger partial charge in [-0.15, -0.1) is 0 Å². The van der Waals surface area contributed by atoms with Gasteiger partial charge in [0.1, 0.15) is 0 Å². The minimum atomic E-state index is 0.0605. The molecule has 0 aliphatic rings. The first-order valence-corrected chi connectivity index (χ1v) is 6.70. The lowest BCUT2D eigenvalue weighted by atomic mass is 10.1. The summed E-state index contributed by atoms with van der Waals surface area (Å²) in [6.45, 7) is 6.53. The molecule has 0 spiro atoms. The van der Waals surface area contributed by atoms with Crippen molar-refractivity contribution in [2.45, 2.75) is 13.8 Å². The zero-order valence-electron chi connectivity index (χ0n) is 11.5. The lowest BCUT2D eigenvalue weighted by molar-refractivity contribution is 0.0669. The van der Waals surface area contributed by atoms with E-state index in [0.717, 1.165) is 16.5 Å². The number of fused-ring (bicyclic) bond motifs is 1. The topological polar surface area (TPSA) is 45.3 Å². The minimum absolute atomic E-state index is 0.0605. The van der Waals surface area contributed by atoms with Crippen LogP contribution in [0.5, 0.6) is 0 Å². The number of carbonyl (C=O) groups excluding carboxylic acids is 1. The summed E-state index contributed by atoms with van der Waals surface area (Å²) >= 11 is 0. The summed E-state index contributed by atoms with van der Waals surface area (Å²) < 4.78 is 5.31. The number of amides is 1. The molecule has 0 atom stereocenters. The molecular weight excluding hydrogens is 240 g/mol. The average molecular weight is 260 g/mol. The second-order valence-electron chi connectivity index (χ2n) is 4.36. The predicted octanol–water partition coefficient (Wildman–Crippen LogP) is 2.67. The lowest BCUT2D eigenvalue weighted by Gasteiger charge is -2.20. The van der Waals surface area contributed by atoms with Crippen molar-refractivity contribution in [3.63, 3.8) is 0 Å². The fourth-order valence-electron chi connectivity index (χ4n) is 2.09. The number of nitrogens with zero attached hydrogens (tertiary/aromatic N) is 1. The number of likely N-dealkylation sites (N-methyl/N-ethyl adjacent to an activating group) is 1. The van der Waals surface area contributed by atoms with Crippen molar-refractivity contribution in [3.05, 3.63) is 36.0 Å². The number of H-pyrrole nitrogens is 1. The molecule has 0 radical (unpaired) electrons. The molecule has 2 aromatic rings. The highest BCUT2D eigenvalue weighted by atomic mass is 16.5. The maximum Gasteiger partial charge on any atom is 0.253 e. The second-order valence-corrected chi connectivity index (χ2v) is 4.36. The maximum absolute atomic E-state index is 12.4. The van der Waals surface area contributed by atoms with Crippen molar-refractivity contribution < 1.29 is 9.53 Å². The summed E-state index contributed by atoms with van der Waals surface area (Å²) in [4.78, 5) is 17.3. The minimum Gasteiger partial charge on any atom is -0.380 e. The molecule has 0 aliphatic carbocycles. The van der Waals surface area contributed by atoms with Gasteiger partial charge in [0.15, 0.2) is 0 Å². The molecule has 1 aromatic carbocycles. The first kappa shape index (κ1) is 13.6. The van der Waals surface area contributed by atoms with Crippen LogP contribution < -0.4 is 0 Å². The number of carbonyl (C=O) groups is 1. The van der Waals surface area contributed by atoms with E-state index in [-0.39, 0.29) is 5.91 Å². The number of benzene rings is 1. The summed E-state index contributed by atoms with van der Waals surface area (Å²) in [6.07, 6.45) is 1.88. The van der Waals surface area contributed by atoms with E-state index in [1.54, 1.807) is 0 Å². The zero-order chi connectivity index (χ0) is 13.7. The SMILES string of the molecule is CCOCCN(CC)C(=O)c1ccc2[nH]ccc2c1. The van der Waals surface area contributed by atoms with Gasteiger partial charge in [-0.25, -0.2) is 0 Å². The van der Waals surface area contributed by atoms with Crippen LogP contribution in [0.25, 0.3) is 10.9 Å². The van der Waals surface area contributed by atoms with Crippen LogP contribution in [0.3, 0.4) is 0 Å². The van der Waals surface area contributed by atoms with Gasteiger partial charge >= 0.3 is 0 Å². The standard InChI is InChI=1S/C15H20N2O2/c1-3-17(9-10-19-4-2)15(18)13-5-6-14-12(11-13)7-8-16-14/h5-8,11,16H,3-4,9-10H2,1-2H3. The molecule has 19 heavy (non-hydrogen) atoms. The molecule has 0 unspecified atom stereocenters. The molecule has 1 amide bonds. The van der Waals surface area contributed by atoms with Gasteiger partial charge in [0.2, 0.25) is 0 Å². The van der Waals surface area contributed by atoms with E-state index in [1.807, 2.05) is 49.2 Å². The molecule has 0 saturated carbocycles. The molecule has 0 aliphatic heterocycles. The summed E-state index contributed by atoms with van der Waals surface area (Å²) in [7, 11) is 0. The fraction of sp³-hybridized carbons (Fsp3) is 0.400. The summed E-state index contributed by atoms with van der Waals surface area (Å²) in [5, 5.41) is 1.06. The van der Waals surface area contributed by atoms with Crippen LogP contribution in [0, 0.1) is 0 Å². The fourth-order valence-corrected chi connectivity index (χ4v) is 2.09. The van der Waals surface area contributed by atoms with Gasteiger partial charge in [-0.05, 0) is 38.1 Å². The normalized spacial score (nSPS) is 10.8. The second kappa shape index (κ2) is 6.38. The van der Waals surface area contributed by atoms with Crippen molar-refractivity contribution in [1.82, 2.24) is 9.88 Å². The van der Waals surface area contributed by atoms with E-state index in [4.69, 9.17) is 4.74 Å². The molecule has 1 aromatic heterocycles. The monoisotopic (exact) mass is 260 g/mol. The van der Waals surface area contributed by atoms with Crippen LogP contribution in [-0.2, 0) is 4.74 Å². The van der Waals surface area contributed by atoms with Gasteiger partial charge in [-0.3, -0.25) is 4.79 Å². The van der Waals surface area contributed by atoms with Gasteiger partial charge in [0.05, 0.1) is 6.61 Å². The van der Waals surface area contributed by atoms with Crippen molar-refractivity contribution in [2.24, 2.45) is 0 Å². The zero-order valence-corrected chi connectivity index (χ0v) is 11.5. The predicted molar refractivity (Wildman–Crippen MR) is 76.4 cm³/mol. The molecular formula is C15H20N2O2. The van der Waals surface area contributed by atoms with Gasteiger partial charge in [-0.2, -0.15) is 0 Å². The Bertz CT molecular complexity index is 548. The van der Waals surface area contributed by atoms with Crippen LogP contribution in [0.4, 0.5) is 0 Å². The van der Waals surface area contributed by atoms with Gasteiger partial charge in [0, 0.05) is 42.4 Å². The molecule has 2 rings (SSSR count). The Hall–Kier alpha value is -1.81. The molecule has 4 heteroatoms. The third kappa shape index (κ3) is 3.15. The number of rotatable bonds is 6. The molecule has 1 N–H and O–H groups in total. The highest BCUT2D eigenvalue weighted by Gasteiger charge is 2.14. The smallest absolute Gasteiger partial charge is 0.253 e. The number of nitrogens with one attached hydrogen (secondary N) is 1. The molecule has 0 fully saturated rings. The largest absolute Gasteiger partial charge is 0.380 e. The maximum atomic E-state index is 12.4. The Morgan fingerprint density at radius 2 is 2.16 bits per heavy atom. The van der Waals surface area contributed by atoms with Crippen molar-refractivity contribution in [1.29, 1.82) is 0 Å². The quantitative estimate of drug-likeness (QED) is 0.812. The average Bonchev–Trinajstić information content (AvgIpc) is 2.90. The van der Waals surface area contributed by atoms with Crippen LogP contribution in [0.2, 0.25) is 0 Å². The number of ether oxygens (including phenoxy) is 1. The molecule has 102 valence electrons. The Morgan fingerprint density at radius 1 is 1.32 bits per heavy atom. The summed E-state index contributed by atoms with van der Waals surface area (Å²) in [5.74, 6) is 0.0605. The molecule has 0 bridgehead atoms. The summed E-state index contributed by atoms with van der Waals surface area (Å²) in [5.41, 5.74) is 1.78. The van der Waals surface area contributed by atoms with Crippen molar-refractivity contribution >= 4 is 16.8 Å². The van der Waals surface area contributed by atoms with Crippen LogP contribution in [-0.4, -0.2) is 42.1 Å². The van der Waals surface area contributed by atoms with Gasteiger partial charge in [-0.1, -0.05) is 0 Å². The lowest BCUT2D eigenvalue weighted by Crippen LogP contribution is -2.33. The Labute approximate surface area is 113 Å². The van der Waals surface area contributed by atoms with Crippen LogP contribution in [0.1, 0.15) is 24.2 Å². The van der Waals surface area contributed by atoms with Crippen molar-refractivity contribution in [2.75, 3.05) is 26.3 Å². The Morgan fingerprint density at radius 3 is 2.89 bits per heavy atom. The highest BCUT2D eigenvalue weighted by molar-refractivity contribution is 5.98. The van der Waals surface area contributed by atoms with E-state index in [2.05, 4.69) is 4.98 Å². The third-order valence-corrected chi connectivity index (χ3v) is 3.18. The number of hydrogen-bond donors (Lipinski definition) is 1. The third-order valence-electron chi connectivity index (χ3n) is 3.18.